The summed E-state index contributed by atoms with van der Waals surface area (Å²) in [5, 5.41) is 2.70. The van der Waals surface area contributed by atoms with E-state index in [1.807, 2.05) is 0 Å². The van der Waals surface area contributed by atoms with Gasteiger partial charge in [-0.25, -0.2) is 8.42 Å². The number of sulfonamides is 1. The van der Waals surface area contributed by atoms with E-state index >= 15 is 0 Å². The van der Waals surface area contributed by atoms with Gasteiger partial charge in [-0.2, -0.15) is 4.31 Å². The number of hydrogen-bond acceptors (Lipinski definition) is 4. The van der Waals surface area contributed by atoms with Gasteiger partial charge in [0.15, 0.2) is 0 Å². The van der Waals surface area contributed by atoms with E-state index in [0.717, 1.165) is 0 Å². The van der Waals surface area contributed by atoms with E-state index in [-0.39, 0.29) is 16.7 Å². The molecule has 0 aliphatic heterocycles. The maximum Gasteiger partial charge on any atom is 0.243 e. The predicted molar refractivity (Wildman–Crippen MR) is 86.6 cm³/mol. The average Bonchev–Trinajstić information content (AvgIpc) is 2.47. The largest absolute Gasteiger partial charge is 0.495 e. The molecular formula is C15H24N2O4S. The molecule has 0 saturated carbocycles. The van der Waals surface area contributed by atoms with Crippen LogP contribution >= 0.6 is 0 Å². The summed E-state index contributed by atoms with van der Waals surface area (Å²) in [6, 6.07) is 4.47. The fraction of sp³-hybridized carbons (Fsp3) is 0.533. The van der Waals surface area contributed by atoms with Crippen molar-refractivity contribution in [3.8, 4) is 5.75 Å². The Hall–Kier alpha value is -1.60. The second-order valence-corrected chi connectivity index (χ2v) is 7.03. The lowest BCUT2D eigenvalue weighted by atomic mass is 10.2. The molecule has 1 amide bonds. The fourth-order valence-electron chi connectivity index (χ4n) is 1.93. The minimum Gasteiger partial charge on any atom is -0.495 e. The Balaban J connectivity index is 3.28. The standard InChI is InChI=1S/C15H24N2O4S/c1-6-17(7-2)22(19,20)12-8-9-14(21-5)13(10-12)16-15(18)11(3)4/h8-11H,6-7H2,1-5H3,(H,16,18). The number of carbonyl (C=O) groups is 1. The second kappa shape index (κ2) is 7.60. The molecule has 0 saturated heterocycles. The second-order valence-electron chi connectivity index (χ2n) is 5.10. The third-order valence-electron chi connectivity index (χ3n) is 3.30. The molecular weight excluding hydrogens is 304 g/mol. The Morgan fingerprint density at radius 3 is 2.32 bits per heavy atom. The van der Waals surface area contributed by atoms with Crippen LogP contribution in [0.5, 0.6) is 5.75 Å². The van der Waals surface area contributed by atoms with Crippen molar-refractivity contribution in [2.24, 2.45) is 5.92 Å². The number of hydrogen-bond donors (Lipinski definition) is 1. The molecule has 0 atom stereocenters. The van der Waals surface area contributed by atoms with Crippen molar-refractivity contribution in [3.05, 3.63) is 18.2 Å². The van der Waals surface area contributed by atoms with Gasteiger partial charge in [0.25, 0.3) is 0 Å². The number of benzene rings is 1. The summed E-state index contributed by atoms with van der Waals surface area (Å²) in [4.78, 5) is 12.0. The molecule has 7 heteroatoms. The summed E-state index contributed by atoms with van der Waals surface area (Å²) in [7, 11) is -2.11. The third kappa shape index (κ3) is 3.98. The number of ether oxygens (including phenoxy) is 1. The van der Waals surface area contributed by atoms with E-state index in [4.69, 9.17) is 4.74 Å². The summed E-state index contributed by atoms with van der Waals surface area (Å²) in [5.41, 5.74) is 0.356. The van der Waals surface area contributed by atoms with Gasteiger partial charge in [0, 0.05) is 19.0 Å². The normalized spacial score (nSPS) is 11.8. The van der Waals surface area contributed by atoms with Gasteiger partial charge in [-0.3, -0.25) is 4.79 Å². The van der Waals surface area contributed by atoms with Crippen molar-refractivity contribution in [3.63, 3.8) is 0 Å². The molecule has 0 spiro atoms. The first-order valence-electron chi connectivity index (χ1n) is 7.26. The summed E-state index contributed by atoms with van der Waals surface area (Å²) in [6.07, 6.45) is 0. The highest BCUT2D eigenvalue weighted by molar-refractivity contribution is 7.89. The lowest BCUT2D eigenvalue weighted by Gasteiger charge is -2.20. The molecule has 0 aliphatic rings. The molecule has 0 heterocycles. The molecule has 1 N–H and O–H groups in total. The Bertz CT molecular complexity index is 622. The quantitative estimate of drug-likeness (QED) is 0.833. The van der Waals surface area contributed by atoms with Crippen LogP contribution in [0.3, 0.4) is 0 Å². The Kier molecular flexibility index (Phi) is 6.37. The van der Waals surface area contributed by atoms with Crippen LogP contribution in [0.25, 0.3) is 0 Å². The summed E-state index contributed by atoms with van der Waals surface area (Å²) in [5.74, 6) is 0.0101. The smallest absolute Gasteiger partial charge is 0.243 e. The number of nitrogens with one attached hydrogen (secondary N) is 1. The van der Waals surface area contributed by atoms with Gasteiger partial charge in [-0.1, -0.05) is 27.7 Å². The monoisotopic (exact) mass is 328 g/mol. The Morgan fingerprint density at radius 1 is 1.27 bits per heavy atom. The number of amides is 1. The molecule has 22 heavy (non-hydrogen) atoms. The first-order chi connectivity index (χ1) is 10.3. The number of rotatable bonds is 7. The molecule has 0 fully saturated rings. The summed E-state index contributed by atoms with van der Waals surface area (Å²) >= 11 is 0. The van der Waals surface area contributed by atoms with Gasteiger partial charge in [-0.05, 0) is 18.2 Å². The Labute approximate surface area is 132 Å². The Morgan fingerprint density at radius 2 is 1.86 bits per heavy atom. The van der Waals surface area contributed by atoms with Gasteiger partial charge < -0.3 is 10.1 Å². The highest BCUT2D eigenvalue weighted by atomic mass is 32.2. The van der Waals surface area contributed by atoms with Crippen molar-refractivity contribution >= 4 is 21.6 Å². The van der Waals surface area contributed by atoms with Crippen LogP contribution in [0.4, 0.5) is 5.69 Å². The predicted octanol–water partition coefficient (Wildman–Crippen LogP) is 2.32. The van der Waals surface area contributed by atoms with Gasteiger partial charge in [-0.15, -0.1) is 0 Å². The summed E-state index contributed by atoms with van der Waals surface area (Å²) < 4.78 is 31.6. The highest BCUT2D eigenvalue weighted by Gasteiger charge is 2.23. The van der Waals surface area contributed by atoms with E-state index in [1.54, 1.807) is 33.8 Å². The van der Waals surface area contributed by atoms with Gasteiger partial charge in [0.2, 0.25) is 15.9 Å². The number of nitrogens with zero attached hydrogens (tertiary/aromatic N) is 1. The zero-order chi connectivity index (χ0) is 16.9. The number of carbonyl (C=O) groups excluding carboxylic acids is 1. The van der Waals surface area contributed by atoms with Crippen LogP contribution in [0.15, 0.2) is 23.1 Å². The first-order valence-corrected chi connectivity index (χ1v) is 8.70. The van der Waals surface area contributed by atoms with Gasteiger partial charge in [0.1, 0.15) is 5.75 Å². The van der Waals surface area contributed by atoms with Crippen molar-refractivity contribution in [1.82, 2.24) is 4.31 Å². The fourth-order valence-corrected chi connectivity index (χ4v) is 3.42. The van der Waals surface area contributed by atoms with Crippen molar-refractivity contribution in [1.29, 1.82) is 0 Å². The lowest BCUT2D eigenvalue weighted by Crippen LogP contribution is -2.30. The molecule has 124 valence electrons. The number of anilines is 1. The molecule has 0 aliphatic carbocycles. The van der Waals surface area contributed by atoms with Crippen LogP contribution in [-0.4, -0.2) is 38.8 Å². The zero-order valence-electron chi connectivity index (χ0n) is 13.7. The van der Waals surface area contributed by atoms with Gasteiger partial charge >= 0.3 is 0 Å². The van der Waals surface area contributed by atoms with E-state index in [2.05, 4.69) is 5.32 Å². The van der Waals surface area contributed by atoms with E-state index in [0.29, 0.717) is 24.5 Å². The minimum absolute atomic E-state index is 0.135. The highest BCUT2D eigenvalue weighted by Crippen LogP contribution is 2.29. The third-order valence-corrected chi connectivity index (χ3v) is 5.34. The van der Waals surface area contributed by atoms with Crippen LogP contribution in [0.1, 0.15) is 27.7 Å². The zero-order valence-corrected chi connectivity index (χ0v) is 14.5. The van der Waals surface area contributed by atoms with Crippen molar-refractivity contribution in [2.75, 3.05) is 25.5 Å². The molecule has 1 aromatic rings. The maximum absolute atomic E-state index is 12.5. The van der Waals surface area contributed by atoms with E-state index in [9.17, 15) is 13.2 Å². The van der Waals surface area contributed by atoms with Gasteiger partial charge in [0.05, 0.1) is 17.7 Å². The van der Waals surface area contributed by atoms with Crippen LogP contribution < -0.4 is 10.1 Å². The first kappa shape index (κ1) is 18.4. The minimum atomic E-state index is -3.58. The topological polar surface area (TPSA) is 75.7 Å². The van der Waals surface area contributed by atoms with Crippen molar-refractivity contribution < 1.29 is 17.9 Å². The molecule has 0 aromatic heterocycles. The van der Waals surface area contributed by atoms with Crippen LogP contribution in [-0.2, 0) is 14.8 Å². The molecule has 1 aromatic carbocycles. The lowest BCUT2D eigenvalue weighted by molar-refractivity contribution is -0.118. The van der Waals surface area contributed by atoms with Crippen molar-refractivity contribution in [2.45, 2.75) is 32.6 Å². The molecule has 0 radical (unpaired) electrons. The molecule has 0 bridgehead atoms. The molecule has 1 rings (SSSR count). The maximum atomic E-state index is 12.5. The number of methoxy groups -OCH3 is 1. The van der Waals surface area contributed by atoms with Crippen LogP contribution in [0.2, 0.25) is 0 Å². The molecule has 0 unspecified atom stereocenters. The van der Waals surface area contributed by atoms with E-state index < -0.39 is 10.0 Å². The van der Waals surface area contributed by atoms with E-state index in [1.165, 1.54) is 23.5 Å². The van der Waals surface area contributed by atoms with Crippen LogP contribution in [0, 0.1) is 5.92 Å². The average molecular weight is 328 g/mol. The SMILES string of the molecule is CCN(CC)S(=O)(=O)c1ccc(OC)c(NC(=O)C(C)C)c1. The summed E-state index contributed by atoms with van der Waals surface area (Å²) in [6.45, 7) is 7.87. The molecule has 6 nitrogen and oxygen atoms in total.